The zero-order valence-electron chi connectivity index (χ0n) is 19.7. The van der Waals surface area contributed by atoms with Gasteiger partial charge in [0.1, 0.15) is 24.2 Å². The van der Waals surface area contributed by atoms with Crippen molar-refractivity contribution in [3.05, 3.63) is 42.0 Å². The van der Waals surface area contributed by atoms with Crippen LogP contribution < -0.4 is 4.74 Å². The fourth-order valence-electron chi connectivity index (χ4n) is 5.24. The van der Waals surface area contributed by atoms with E-state index < -0.39 is 41.1 Å². The van der Waals surface area contributed by atoms with Gasteiger partial charge >= 0.3 is 12.1 Å². The Morgan fingerprint density at radius 1 is 1.31 bits per heavy atom. The number of carbonyl (C=O) groups excluding carboxylic acids is 1. The average Bonchev–Trinajstić information content (AvgIpc) is 3.31. The smallest absolute Gasteiger partial charge is 0.416 e. The zero-order valence-corrected chi connectivity index (χ0v) is 20.5. The highest BCUT2D eigenvalue weighted by Crippen LogP contribution is 2.51. The maximum absolute atomic E-state index is 12.8. The van der Waals surface area contributed by atoms with Crippen molar-refractivity contribution in [2.45, 2.75) is 51.0 Å². The molecule has 35 heavy (non-hydrogen) atoms. The van der Waals surface area contributed by atoms with Crippen molar-refractivity contribution in [1.82, 2.24) is 0 Å². The molecule has 0 saturated heterocycles. The van der Waals surface area contributed by atoms with Gasteiger partial charge in [-0.25, -0.2) is 4.79 Å². The molecule has 0 radical (unpaired) electrons. The molecule has 1 aromatic carbocycles. The molecule has 7 atom stereocenters. The molecule has 2 N–H and O–H groups in total. The van der Waals surface area contributed by atoms with Crippen LogP contribution in [0.3, 0.4) is 0 Å². The molecule has 3 unspecified atom stereocenters. The lowest BCUT2D eigenvalue weighted by molar-refractivity contribution is -0.140. The molecular weight excluding hydrogens is 485 g/mol. The Kier molecular flexibility index (Phi) is 9.92. The molecule has 0 bridgehead atoms. The van der Waals surface area contributed by atoms with Crippen LogP contribution in [0.15, 0.2) is 36.4 Å². The van der Waals surface area contributed by atoms with Gasteiger partial charge in [0.25, 0.3) is 0 Å². The van der Waals surface area contributed by atoms with Gasteiger partial charge < -0.3 is 24.2 Å². The molecule has 3 rings (SSSR count). The molecule has 0 amide bonds. The van der Waals surface area contributed by atoms with Gasteiger partial charge in [-0.05, 0) is 79.7 Å². The molecule has 2 fully saturated rings. The second kappa shape index (κ2) is 12.5. The van der Waals surface area contributed by atoms with Crippen molar-refractivity contribution in [2.24, 2.45) is 23.7 Å². The summed E-state index contributed by atoms with van der Waals surface area (Å²) in [6.07, 6.45) is 0.534. The van der Waals surface area contributed by atoms with Crippen LogP contribution in [0, 0.1) is 23.7 Å². The van der Waals surface area contributed by atoms with Crippen molar-refractivity contribution in [3.63, 3.8) is 0 Å². The normalized spacial score (nSPS) is 28.1. The first-order chi connectivity index (χ1) is 16.6. The van der Waals surface area contributed by atoms with Gasteiger partial charge in [0.2, 0.25) is 5.75 Å². The van der Waals surface area contributed by atoms with Crippen LogP contribution in [-0.4, -0.2) is 57.7 Å². The molecule has 2 aliphatic carbocycles. The summed E-state index contributed by atoms with van der Waals surface area (Å²) < 4.78 is 60.8. The fourth-order valence-corrected chi connectivity index (χ4v) is 6.33. The number of fused-ring (bicyclic) bond motifs is 1. The Morgan fingerprint density at radius 3 is 2.80 bits per heavy atom. The fraction of sp³-hybridized carbons (Fsp3) is 0.640. The highest BCUT2D eigenvalue weighted by molar-refractivity contribution is 7.92. The lowest BCUT2D eigenvalue weighted by Crippen LogP contribution is -2.23. The van der Waals surface area contributed by atoms with Gasteiger partial charge in [0.05, 0.1) is 18.3 Å². The predicted molar refractivity (Wildman–Crippen MR) is 125 cm³/mol. The Morgan fingerprint density at radius 2 is 2.09 bits per heavy atom. The van der Waals surface area contributed by atoms with Crippen LogP contribution in [0.1, 0.15) is 38.2 Å². The number of esters is 1. The van der Waals surface area contributed by atoms with Crippen LogP contribution in [0.5, 0.6) is 5.75 Å². The minimum absolute atomic E-state index is 0.0206. The Bertz CT molecular complexity index is 864. The third kappa shape index (κ3) is 8.13. The summed E-state index contributed by atoms with van der Waals surface area (Å²) in [7, 11) is 0. The molecule has 196 valence electrons. The molecule has 0 aromatic heterocycles. The number of hydrogen-bond acceptors (Lipinski definition) is 6. The molecular formula is C25H33F3O6S. The van der Waals surface area contributed by atoms with E-state index in [2.05, 4.69) is 0 Å². The summed E-state index contributed by atoms with van der Waals surface area (Å²) in [6.45, 7) is 1.77. The molecule has 0 aliphatic heterocycles. The van der Waals surface area contributed by atoms with Gasteiger partial charge in [-0.2, -0.15) is 13.2 Å². The summed E-state index contributed by atoms with van der Waals surface area (Å²) in [6, 6.07) is 4.49. The summed E-state index contributed by atoms with van der Waals surface area (Å²) >= 11 is -1.25. The summed E-state index contributed by atoms with van der Waals surface area (Å²) in [5, 5.41) is 20.8. The molecule has 6 nitrogen and oxygen atoms in total. The predicted octanol–water partition coefficient (Wildman–Crippen LogP) is 3.73. The standard InChI is InChI=1S/C25H33F3O6S/c1-2-33-24(31)15-35(32)9-8-16-10-17-12-23(30)21(22(17)11-16)7-6-19(29)14-34-20-5-3-4-18(13-20)25(26,27)28/h3-7,13,16-17,19,21-23,29-30H,2,8-12,14-15H2,1H3/t16?,17-,19?,21-,22+,23-,35?/m0/s1. The summed E-state index contributed by atoms with van der Waals surface area (Å²) in [4.78, 5) is 11.5. The first-order valence-electron chi connectivity index (χ1n) is 11.9. The van der Waals surface area contributed by atoms with E-state index in [1.807, 2.05) is 0 Å². The highest BCUT2D eigenvalue weighted by atomic mass is 32.2. The number of alkyl halides is 3. The number of aliphatic hydroxyl groups is 2. The number of halogens is 3. The van der Waals surface area contributed by atoms with Crippen LogP contribution in [0.2, 0.25) is 0 Å². The second-order valence-corrected chi connectivity index (χ2v) is 10.9. The van der Waals surface area contributed by atoms with E-state index >= 15 is 0 Å². The maximum Gasteiger partial charge on any atom is 0.416 e. The van der Waals surface area contributed by atoms with Crippen molar-refractivity contribution in [3.8, 4) is 5.75 Å². The van der Waals surface area contributed by atoms with E-state index in [-0.39, 0.29) is 36.6 Å². The first-order valence-corrected chi connectivity index (χ1v) is 13.4. The molecule has 2 aliphatic rings. The van der Waals surface area contributed by atoms with Crippen LogP contribution in [0.25, 0.3) is 0 Å². The van der Waals surface area contributed by atoms with E-state index in [9.17, 15) is 32.7 Å². The lowest BCUT2D eigenvalue weighted by Gasteiger charge is -2.20. The van der Waals surface area contributed by atoms with Crippen molar-refractivity contribution in [1.29, 1.82) is 0 Å². The lowest BCUT2D eigenvalue weighted by atomic mass is 9.89. The molecule has 2 saturated carbocycles. The number of rotatable bonds is 11. The topological polar surface area (TPSA) is 99.1 Å². The summed E-state index contributed by atoms with van der Waals surface area (Å²) in [5.41, 5.74) is -0.819. The number of hydrogen-bond donors (Lipinski definition) is 2. The van der Waals surface area contributed by atoms with Crippen molar-refractivity contribution in [2.75, 3.05) is 24.7 Å². The van der Waals surface area contributed by atoms with E-state index in [1.54, 1.807) is 13.0 Å². The minimum Gasteiger partial charge on any atom is -0.616 e. The van der Waals surface area contributed by atoms with E-state index in [0.717, 1.165) is 31.4 Å². The Hall–Kier alpha value is -1.75. The van der Waals surface area contributed by atoms with Gasteiger partial charge in [-0.3, -0.25) is 0 Å². The number of ether oxygens (including phenoxy) is 2. The number of carbonyl (C=O) groups is 1. The third-order valence-corrected chi connectivity index (χ3v) is 8.05. The number of aliphatic hydroxyl groups excluding tert-OH is 2. The van der Waals surface area contributed by atoms with Crippen LogP contribution in [0.4, 0.5) is 13.2 Å². The second-order valence-electron chi connectivity index (χ2n) is 9.31. The third-order valence-electron chi connectivity index (χ3n) is 6.81. The monoisotopic (exact) mass is 518 g/mol. The van der Waals surface area contributed by atoms with Crippen molar-refractivity contribution >= 4 is 17.1 Å². The van der Waals surface area contributed by atoms with E-state index in [1.165, 1.54) is 18.2 Å². The van der Waals surface area contributed by atoms with E-state index in [0.29, 0.717) is 24.0 Å². The molecule has 10 heteroatoms. The van der Waals surface area contributed by atoms with Gasteiger partial charge in [0, 0.05) is 5.92 Å². The largest absolute Gasteiger partial charge is 0.616 e. The number of benzene rings is 1. The van der Waals surface area contributed by atoms with Crippen LogP contribution in [-0.2, 0) is 26.9 Å². The Labute approximate surface area is 206 Å². The highest BCUT2D eigenvalue weighted by Gasteiger charge is 2.46. The molecule has 0 heterocycles. The molecule has 0 spiro atoms. The van der Waals surface area contributed by atoms with Gasteiger partial charge in [-0.15, -0.1) is 0 Å². The zero-order chi connectivity index (χ0) is 25.6. The minimum atomic E-state index is -4.47. The average molecular weight is 519 g/mol. The first kappa shape index (κ1) is 27.8. The Balaban J connectivity index is 1.46. The summed E-state index contributed by atoms with van der Waals surface area (Å²) in [5.74, 6) is 0.774. The van der Waals surface area contributed by atoms with Gasteiger partial charge in [0.15, 0.2) is 0 Å². The van der Waals surface area contributed by atoms with E-state index in [4.69, 9.17) is 9.47 Å². The SMILES string of the molecule is CCOC(=O)C[S+]([O-])CCC1C[C@H]2C[C@H](O)[C@@H](C=CC(O)COc3cccc(C(F)(F)F)c3)[C@@H]2C1. The van der Waals surface area contributed by atoms with Crippen LogP contribution >= 0.6 is 0 Å². The quantitative estimate of drug-likeness (QED) is 0.263. The maximum atomic E-state index is 12.8. The van der Waals surface area contributed by atoms with Gasteiger partial charge in [-0.1, -0.05) is 18.2 Å². The van der Waals surface area contributed by atoms with Crippen molar-refractivity contribution < 1.29 is 42.2 Å². The molecule has 1 aromatic rings.